The highest BCUT2D eigenvalue weighted by atomic mass is 16.1. The average Bonchev–Trinajstić information content (AvgIpc) is 2.95. The maximum atomic E-state index is 13.7. The van der Waals surface area contributed by atoms with Gasteiger partial charge in [-0.15, -0.1) is 0 Å². The van der Waals surface area contributed by atoms with Gasteiger partial charge in [0.1, 0.15) is 0 Å². The molecule has 134 valence electrons. The molecule has 0 saturated carbocycles. The summed E-state index contributed by atoms with van der Waals surface area (Å²) < 4.78 is 0. The highest BCUT2D eigenvalue weighted by Crippen LogP contribution is 2.50. The summed E-state index contributed by atoms with van der Waals surface area (Å²) in [5, 5.41) is 5.88. The van der Waals surface area contributed by atoms with Crippen LogP contribution in [-0.4, -0.2) is 5.78 Å². The van der Waals surface area contributed by atoms with E-state index in [2.05, 4.69) is 67.7 Å². The third-order valence-electron chi connectivity index (χ3n) is 5.92. The first-order valence-electron chi connectivity index (χ1n) is 9.63. The molecule has 2 aliphatic rings. The molecule has 1 aliphatic carbocycles. The molecule has 0 spiro atoms. The third-order valence-corrected chi connectivity index (χ3v) is 5.92. The van der Waals surface area contributed by atoms with Gasteiger partial charge in [0.25, 0.3) is 0 Å². The molecule has 5 rings (SSSR count). The fraction of sp³-hybridized carbons (Fsp3) is 0.240. The lowest BCUT2D eigenvalue weighted by molar-refractivity contribution is 0.103. The minimum absolute atomic E-state index is 0.0503. The molecule has 3 aromatic carbocycles. The molecule has 1 unspecified atom stereocenters. The zero-order valence-electron chi connectivity index (χ0n) is 15.8. The number of carbonyl (C=O) groups is 1. The number of allylic oxidation sites excluding steroid dienone is 1. The van der Waals surface area contributed by atoms with Crippen LogP contribution in [0.1, 0.15) is 48.7 Å². The van der Waals surface area contributed by atoms with Gasteiger partial charge in [0.15, 0.2) is 5.78 Å². The van der Waals surface area contributed by atoms with E-state index in [4.69, 9.17) is 0 Å². The Morgan fingerprint density at radius 3 is 2.44 bits per heavy atom. The predicted octanol–water partition coefficient (Wildman–Crippen LogP) is 6.31. The lowest BCUT2D eigenvalue weighted by atomic mass is 9.86. The van der Waals surface area contributed by atoms with Crippen molar-refractivity contribution in [2.24, 2.45) is 5.41 Å². The zero-order chi connectivity index (χ0) is 18.6. The van der Waals surface area contributed by atoms with Gasteiger partial charge >= 0.3 is 0 Å². The SMILES string of the molecule is CC1(C)CC2=C(C1)C(c1ccccc1)Nc1ccc3ccccc3c1C2=O. The van der Waals surface area contributed by atoms with Crippen LogP contribution in [0.15, 0.2) is 77.9 Å². The number of carbonyl (C=O) groups excluding carboxylic acids is 1. The maximum absolute atomic E-state index is 13.7. The molecule has 0 aromatic heterocycles. The number of hydrogen-bond donors (Lipinski definition) is 1. The summed E-state index contributed by atoms with van der Waals surface area (Å²) in [6, 6.07) is 22.9. The maximum Gasteiger partial charge on any atom is 0.191 e. The molecule has 0 saturated heterocycles. The summed E-state index contributed by atoms with van der Waals surface area (Å²) in [6.45, 7) is 4.53. The van der Waals surface area contributed by atoms with Gasteiger partial charge in [-0.05, 0) is 46.2 Å². The Balaban J connectivity index is 1.77. The van der Waals surface area contributed by atoms with E-state index >= 15 is 0 Å². The summed E-state index contributed by atoms with van der Waals surface area (Å²) in [4.78, 5) is 13.7. The monoisotopic (exact) mass is 353 g/mol. The molecule has 2 nitrogen and oxygen atoms in total. The summed E-state index contributed by atoms with van der Waals surface area (Å²) >= 11 is 0. The minimum Gasteiger partial charge on any atom is -0.374 e. The molecule has 0 radical (unpaired) electrons. The first-order valence-corrected chi connectivity index (χ1v) is 9.63. The molecule has 1 atom stereocenters. The highest BCUT2D eigenvalue weighted by Gasteiger charge is 2.40. The second-order valence-electron chi connectivity index (χ2n) is 8.55. The predicted molar refractivity (Wildman–Crippen MR) is 111 cm³/mol. The van der Waals surface area contributed by atoms with Crippen LogP contribution in [0.3, 0.4) is 0 Å². The quantitative estimate of drug-likeness (QED) is 0.556. The number of ketones is 1. The summed E-state index contributed by atoms with van der Waals surface area (Å²) in [5.41, 5.74) is 5.39. The summed E-state index contributed by atoms with van der Waals surface area (Å²) in [5.74, 6) is 0.202. The van der Waals surface area contributed by atoms with E-state index in [0.29, 0.717) is 0 Å². The second kappa shape index (κ2) is 5.82. The van der Waals surface area contributed by atoms with Gasteiger partial charge in [0.05, 0.1) is 11.6 Å². The van der Waals surface area contributed by atoms with Crippen LogP contribution in [0.2, 0.25) is 0 Å². The Morgan fingerprint density at radius 1 is 0.889 bits per heavy atom. The van der Waals surface area contributed by atoms with E-state index in [1.54, 1.807) is 0 Å². The Labute approximate surface area is 159 Å². The van der Waals surface area contributed by atoms with Crippen molar-refractivity contribution in [2.45, 2.75) is 32.7 Å². The number of benzene rings is 3. The van der Waals surface area contributed by atoms with E-state index in [-0.39, 0.29) is 17.2 Å². The molecule has 0 amide bonds. The molecule has 1 heterocycles. The minimum atomic E-state index is 0.0503. The second-order valence-corrected chi connectivity index (χ2v) is 8.55. The van der Waals surface area contributed by atoms with E-state index in [9.17, 15) is 4.79 Å². The van der Waals surface area contributed by atoms with Gasteiger partial charge in [-0.2, -0.15) is 0 Å². The Bertz CT molecular complexity index is 1090. The van der Waals surface area contributed by atoms with Crippen LogP contribution in [0.25, 0.3) is 10.8 Å². The fourth-order valence-corrected chi connectivity index (χ4v) is 4.74. The molecule has 0 bridgehead atoms. The van der Waals surface area contributed by atoms with Crippen molar-refractivity contribution in [3.05, 3.63) is 89.0 Å². The standard InChI is InChI=1S/C25H23NO/c1-25(2)14-19-20(15-25)24(27)22-18-11-7-6-8-16(18)12-13-21(22)26-23(19)17-9-4-3-5-10-17/h3-13,23,26H,14-15H2,1-2H3. The van der Waals surface area contributed by atoms with E-state index in [1.165, 1.54) is 11.1 Å². The van der Waals surface area contributed by atoms with Crippen LogP contribution < -0.4 is 5.32 Å². The number of hydrogen-bond acceptors (Lipinski definition) is 2. The first-order chi connectivity index (χ1) is 13.0. The van der Waals surface area contributed by atoms with Gasteiger partial charge in [0, 0.05) is 11.3 Å². The van der Waals surface area contributed by atoms with Crippen molar-refractivity contribution >= 4 is 22.2 Å². The fourth-order valence-electron chi connectivity index (χ4n) is 4.74. The van der Waals surface area contributed by atoms with Crippen LogP contribution >= 0.6 is 0 Å². The van der Waals surface area contributed by atoms with E-state index in [1.807, 2.05) is 18.2 Å². The van der Waals surface area contributed by atoms with Crippen molar-refractivity contribution in [1.82, 2.24) is 0 Å². The summed E-state index contributed by atoms with van der Waals surface area (Å²) in [7, 11) is 0. The largest absolute Gasteiger partial charge is 0.374 e. The number of rotatable bonds is 1. The van der Waals surface area contributed by atoms with Crippen LogP contribution in [0.4, 0.5) is 5.69 Å². The normalized spacial score (nSPS) is 20.8. The van der Waals surface area contributed by atoms with Crippen molar-refractivity contribution in [3.8, 4) is 0 Å². The Hall–Kier alpha value is -2.87. The molecule has 2 heteroatoms. The molecule has 0 fully saturated rings. The lowest BCUT2D eigenvalue weighted by Gasteiger charge is -2.25. The van der Waals surface area contributed by atoms with Gasteiger partial charge < -0.3 is 5.32 Å². The molecule has 1 aliphatic heterocycles. The first kappa shape index (κ1) is 16.3. The molecular weight excluding hydrogens is 330 g/mol. The lowest BCUT2D eigenvalue weighted by Crippen LogP contribution is -2.15. The van der Waals surface area contributed by atoms with Crippen molar-refractivity contribution in [2.75, 3.05) is 5.32 Å². The van der Waals surface area contributed by atoms with Gasteiger partial charge in [-0.25, -0.2) is 0 Å². The Morgan fingerprint density at radius 2 is 1.63 bits per heavy atom. The number of anilines is 1. The highest BCUT2D eigenvalue weighted by molar-refractivity contribution is 6.21. The van der Waals surface area contributed by atoms with Crippen LogP contribution in [0, 0.1) is 5.41 Å². The van der Waals surface area contributed by atoms with Crippen LogP contribution in [-0.2, 0) is 0 Å². The van der Waals surface area contributed by atoms with Crippen molar-refractivity contribution in [3.63, 3.8) is 0 Å². The van der Waals surface area contributed by atoms with E-state index < -0.39 is 0 Å². The average molecular weight is 353 g/mol. The zero-order valence-corrected chi connectivity index (χ0v) is 15.8. The smallest absolute Gasteiger partial charge is 0.191 e. The third kappa shape index (κ3) is 2.59. The van der Waals surface area contributed by atoms with E-state index in [0.717, 1.165) is 40.4 Å². The van der Waals surface area contributed by atoms with Gasteiger partial charge in [0.2, 0.25) is 0 Å². The molecular formula is C25H23NO. The van der Waals surface area contributed by atoms with Crippen molar-refractivity contribution in [1.29, 1.82) is 0 Å². The topological polar surface area (TPSA) is 29.1 Å². The Kier molecular flexibility index (Phi) is 3.51. The van der Waals surface area contributed by atoms with Gasteiger partial charge in [-0.3, -0.25) is 4.79 Å². The number of nitrogens with one attached hydrogen (secondary N) is 1. The molecule has 27 heavy (non-hydrogen) atoms. The van der Waals surface area contributed by atoms with Gasteiger partial charge in [-0.1, -0.05) is 74.5 Å². The number of fused-ring (bicyclic) bond motifs is 3. The molecule has 1 N–H and O–H groups in total. The van der Waals surface area contributed by atoms with Crippen LogP contribution in [0.5, 0.6) is 0 Å². The summed E-state index contributed by atoms with van der Waals surface area (Å²) in [6.07, 6.45) is 1.79. The molecule has 3 aromatic rings. The van der Waals surface area contributed by atoms with Crippen molar-refractivity contribution < 1.29 is 4.79 Å². The number of Topliss-reactive ketones (excluding diaryl/α,β-unsaturated/α-hetero) is 1.